The van der Waals surface area contributed by atoms with E-state index in [0.717, 1.165) is 29.4 Å². The van der Waals surface area contributed by atoms with E-state index in [1.54, 1.807) is 95.2 Å². The number of aryl methyl sites for hydroxylation is 1. The minimum Gasteiger partial charge on any atom is -0.508 e. The predicted molar refractivity (Wildman–Crippen MR) is 368 cm³/mol. The first-order valence-electron chi connectivity index (χ1n) is 34.5. The van der Waals surface area contributed by atoms with Crippen LogP contribution in [-0.4, -0.2) is 172 Å². The molecule has 31 heteroatoms. The fraction of sp³-hybridized carbons (Fsp3) is 0.444. The molecule has 4 aliphatic rings. The Morgan fingerprint density at radius 1 is 0.777 bits per heavy atom. The quantitative estimate of drug-likeness (QED) is 0.0121. The van der Waals surface area contributed by atoms with E-state index in [1.165, 1.54) is 23.1 Å². The topological polar surface area (TPSA) is 413 Å². The zero-order valence-corrected chi connectivity index (χ0v) is 57.4. The van der Waals surface area contributed by atoms with Crippen molar-refractivity contribution in [1.82, 2.24) is 56.0 Å². The summed E-state index contributed by atoms with van der Waals surface area (Å²) in [6, 6.07) is 19.4. The normalized spacial score (nSPS) is 17.1. The lowest BCUT2D eigenvalue weighted by molar-refractivity contribution is -0.188. The number of carbonyl (C=O) groups excluding carboxylic acids is 10. The van der Waals surface area contributed by atoms with Crippen LogP contribution in [0, 0.1) is 11.8 Å². The van der Waals surface area contributed by atoms with Crippen molar-refractivity contribution < 1.29 is 81.5 Å². The molecule has 103 heavy (non-hydrogen) atoms. The number of aromatic hydroxyl groups is 1. The third kappa shape index (κ3) is 19.5. The van der Waals surface area contributed by atoms with Crippen molar-refractivity contribution in [3.63, 3.8) is 0 Å². The number of imide groups is 1. The highest BCUT2D eigenvalue weighted by molar-refractivity contribution is 6.13. The zero-order chi connectivity index (χ0) is 73.0. The Balaban J connectivity index is 0.613. The summed E-state index contributed by atoms with van der Waals surface area (Å²) in [6.07, 6.45) is 7.89. The molecule has 0 spiro atoms. The largest absolute Gasteiger partial charge is 0.508 e. The first-order valence-corrected chi connectivity index (χ1v) is 34.5. The molecule has 3 aliphatic heterocycles. The number of alkyl carbamates (subject to hydrolysis) is 1. The van der Waals surface area contributed by atoms with E-state index in [9.17, 15) is 57.8 Å². The summed E-state index contributed by atoms with van der Waals surface area (Å²) in [4.78, 5) is 151. The number of phenolic OH excluding ortho intramolecular Hbond substituents is 1. The lowest BCUT2D eigenvalue weighted by Gasteiger charge is -2.35. The maximum atomic E-state index is 14.1. The zero-order valence-electron chi connectivity index (χ0n) is 57.4. The predicted octanol–water partition coefficient (Wildman–Crippen LogP) is 2.91. The van der Waals surface area contributed by atoms with Gasteiger partial charge in [-0.05, 0) is 123 Å². The Morgan fingerprint density at radius 2 is 1.52 bits per heavy atom. The second kappa shape index (κ2) is 35.7. The molecule has 1 fully saturated rings. The Kier molecular flexibility index (Phi) is 26.0. The highest BCUT2D eigenvalue weighted by Gasteiger charge is 2.51. The molecule has 10 rings (SSSR count). The average molecular weight is 1420 g/mol. The van der Waals surface area contributed by atoms with E-state index in [-0.39, 0.29) is 118 Å². The number of unbranched alkanes of at least 4 members (excludes halogenated alkanes) is 1. The van der Waals surface area contributed by atoms with Crippen LogP contribution < -0.4 is 43.2 Å². The summed E-state index contributed by atoms with van der Waals surface area (Å²) in [5.41, 5.74) is 8.99. The van der Waals surface area contributed by atoms with Crippen molar-refractivity contribution in [3.8, 4) is 17.1 Å². The van der Waals surface area contributed by atoms with E-state index < -0.39 is 84.7 Å². The molecule has 0 bridgehead atoms. The van der Waals surface area contributed by atoms with Gasteiger partial charge >= 0.3 is 18.0 Å². The summed E-state index contributed by atoms with van der Waals surface area (Å²) >= 11 is 0. The maximum absolute atomic E-state index is 14.1. The molecule has 1 saturated carbocycles. The van der Waals surface area contributed by atoms with Crippen LogP contribution in [0.4, 0.5) is 10.5 Å². The average Bonchev–Trinajstić information content (AvgIpc) is 1.29. The number of fused-ring (bicyclic) bond motifs is 5. The van der Waals surface area contributed by atoms with E-state index in [2.05, 4.69) is 42.2 Å². The van der Waals surface area contributed by atoms with Crippen LogP contribution in [0.25, 0.3) is 22.3 Å². The van der Waals surface area contributed by atoms with Crippen LogP contribution in [0.3, 0.4) is 0 Å². The van der Waals surface area contributed by atoms with Crippen LogP contribution in [0.2, 0.25) is 0 Å². The number of amides is 8. The number of benzene rings is 3. The Labute approximate surface area is 592 Å². The number of phenols is 1. The van der Waals surface area contributed by atoms with Gasteiger partial charge in [-0.25, -0.2) is 19.3 Å². The first-order chi connectivity index (χ1) is 49.8. The van der Waals surface area contributed by atoms with Gasteiger partial charge in [-0.1, -0.05) is 61.5 Å². The highest BCUT2D eigenvalue weighted by Crippen LogP contribution is 2.43. The van der Waals surface area contributed by atoms with E-state index >= 15 is 0 Å². The third-order valence-corrected chi connectivity index (χ3v) is 18.3. The van der Waals surface area contributed by atoms with Crippen LogP contribution in [0.5, 0.6) is 5.75 Å². The number of carbonyl (C=O) groups is 10. The number of rotatable bonds is 36. The molecule has 546 valence electrons. The molecule has 1 aliphatic carbocycles. The van der Waals surface area contributed by atoms with Gasteiger partial charge in [0.1, 0.15) is 56.5 Å². The van der Waals surface area contributed by atoms with Gasteiger partial charge < -0.3 is 75.7 Å². The Bertz CT molecular complexity index is 4170. The van der Waals surface area contributed by atoms with Gasteiger partial charge in [-0.2, -0.15) is 0 Å². The number of cyclic esters (lactones) is 1. The summed E-state index contributed by atoms with van der Waals surface area (Å²) in [5.74, 6) is -4.87. The van der Waals surface area contributed by atoms with Crippen molar-refractivity contribution in [2.45, 2.75) is 129 Å². The number of hydrogen-bond acceptors (Lipinski definition) is 22. The number of aromatic nitrogens is 5. The molecular formula is C72H85N13O18. The summed E-state index contributed by atoms with van der Waals surface area (Å²) in [6.45, 7) is 3.91. The molecule has 6 heterocycles. The number of nitrogens with one attached hydrogen (secondary N) is 6. The second-order valence-electron chi connectivity index (χ2n) is 25.4. The standard InChI is InChI=1S/C72H85N13O18/c1-3-51-52-33-50(86)21-22-56(52)79-65-53(51)39-84-59(65)34-55-54(69(84)95)41-101-70(96)72(55,4-2)103-64(91)36-76-71(97)102-40-46-15-19-48(20-16-46)77-67(93)57(12-8-9-25-73)80-68(94)58(32-44-10-6-5-7-11-44)78-61(88)43-100-42-60(87)74-26-28-98-30-31-99-29-27-83-38-49(81-82-83)35-75-66(92)47-17-13-45(14-18-47)37-85-62(89)23-24-63(85)90/h5-7,10-11,15-16,19-24,33-34,38,45,47,57-58,86H,3-4,8-9,12-14,17-18,25-32,35-37,39-43,73H2,1-2H3,(H,74,87)(H,75,92)(H,76,97)(H,77,93)(H,78,88)(H,80,94)/t45?,47?,57-,58-,72-/m0/s1. The maximum Gasteiger partial charge on any atom is 0.407 e. The molecule has 31 nitrogen and oxygen atoms in total. The summed E-state index contributed by atoms with van der Waals surface area (Å²) < 4.78 is 36.4. The lowest BCUT2D eigenvalue weighted by atomic mass is 9.81. The number of hydrogen-bond donors (Lipinski definition) is 8. The molecule has 6 aromatic rings. The monoisotopic (exact) mass is 1420 g/mol. The number of ether oxygens (including phenoxy) is 6. The molecule has 0 saturated heterocycles. The Hall–Kier alpha value is -10.8. The van der Waals surface area contributed by atoms with Crippen LogP contribution in [-0.2, 0) is 123 Å². The number of anilines is 1. The molecule has 3 atom stereocenters. The number of esters is 2. The van der Waals surface area contributed by atoms with Crippen molar-refractivity contribution in [1.29, 1.82) is 0 Å². The lowest BCUT2D eigenvalue weighted by Crippen LogP contribution is -2.54. The first kappa shape index (κ1) is 74.9. The molecule has 3 aromatic heterocycles. The molecule has 8 amide bonds. The van der Waals surface area contributed by atoms with Crippen molar-refractivity contribution in [2.75, 3.05) is 71.1 Å². The molecular weight excluding hydrogens is 1330 g/mol. The van der Waals surface area contributed by atoms with E-state index in [4.69, 9.17) is 39.1 Å². The van der Waals surface area contributed by atoms with Gasteiger partial charge in [-0.3, -0.25) is 48.1 Å². The van der Waals surface area contributed by atoms with Crippen LogP contribution >= 0.6 is 0 Å². The van der Waals surface area contributed by atoms with Crippen LogP contribution in [0.15, 0.2) is 102 Å². The van der Waals surface area contributed by atoms with Gasteiger partial charge in [0.25, 0.3) is 17.4 Å². The number of nitrogens with zero attached hydrogens (tertiary/aromatic N) is 6. The summed E-state index contributed by atoms with van der Waals surface area (Å²) in [7, 11) is 0. The van der Waals surface area contributed by atoms with E-state index in [0.29, 0.717) is 97.8 Å². The fourth-order valence-corrected chi connectivity index (χ4v) is 12.9. The minimum absolute atomic E-state index is 0.0514. The molecule has 9 N–H and O–H groups in total. The smallest absolute Gasteiger partial charge is 0.407 e. The van der Waals surface area contributed by atoms with Gasteiger partial charge in [-0.15, -0.1) is 5.10 Å². The van der Waals surface area contributed by atoms with Crippen molar-refractivity contribution in [2.24, 2.45) is 17.6 Å². The fourth-order valence-electron chi connectivity index (χ4n) is 12.9. The SMILES string of the molecule is CCc1c2c(nc3ccc(O)cc13)-c1cc3c(c(=O)n1C2)COC(=O)[C@@]3(CC)OC(=O)CNC(=O)OCc1ccc(NC(=O)[C@H](CCCCN)NC(=O)[C@H](Cc2ccccc2)NC(=O)COCC(=O)NCCOCCOCCn2cc(CNC(=O)C3CCC(CN4C(=O)C=CC4=O)CC3)nn2)cc1. The van der Waals surface area contributed by atoms with Crippen molar-refractivity contribution in [3.05, 3.63) is 147 Å². The Morgan fingerprint density at radius 3 is 2.26 bits per heavy atom. The van der Waals surface area contributed by atoms with Crippen LogP contribution in [0.1, 0.15) is 104 Å². The van der Waals surface area contributed by atoms with Gasteiger partial charge in [0.2, 0.25) is 35.1 Å². The minimum atomic E-state index is -2.03. The molecule has 0 unspecified atom stereocenters. The second-order valence-corrected chi connectivity index (χ2v) is 25.4. The third-order valence-electron chi connectivity index (χ3n) is 18.3. The number of nitrogens with two attached hydrogens (primary N) is 1. The number of pyridine rings is 2. The van der Waals surface area contributed by atoms with E-state index in [1.807, 2.05) is 6.92 Å². The van der Waals surface area contributed by atoms with Crippen molar-refractivity contribution >= 4 is 76.0 Å². The summed E-state index contributed by atoms with van der Waals surface area (Å²) in [5, 5.41) is 35.4. The van der Waals surface area contributed by atoms with Gasteiger partial charge in [0.05, 0.1) is 74.7 Å². The molecule has 0 radical (unpaired) electrons. The molecule has 3 aromatic carbocycles. The van der Waals surface area contributed by atoms with Gasteiger partial charge in [0.15, 0.2) is 0 Å². The highest BCUT2D eigenvalue weighted by atomic mass is 16.6. The van der Waals surface area contributed by atoms with Gasteiger partial charge in [0, 0.05) is 59.8 Å².